The van der Waals surface area contributed by atoms with E-state index >= 15 is 0 Å². The van der Waals surface area contributed by atoms with E-state index in [1.807, 2.05) is 12.1 Å². The van der Waals surface area contributed by atoms with Gasteiger partial charge < -0.3 is 5.32 Å². The number of benzene rings is 1. The second-order valence-corrected chi connectivity index (χ2v) is 5.37. The molecular formula is C17H28FN. The maximum atomic E-state index is 13.0. The van der Waals surface area contributed by atoms with Crippen LogP contribution in [0.25, 0.3) is 0 Å². The molecule has 1 atom stereocenters. The fraction of sp³-hybridized carbons (Fsp3) is 0.647. The van der Waals surface area contributed by atoms with Crippen molar-refractivity contribution in [2.24, 2.45) is 11.8 Å². The third kappa shape index (κ3) is 5.73. The Balaban J connectivity index is 2.63. The van der Waals surface area contributed by atoms with Crippen molar-refractivity contribution in [2.75, 3.05) is 13.1 Å². The van der Waals surface area contributed by atoms with Crippen LogP contribution >= 0.6 is 0 Å². The van der Waals surface area contributed by atoms with Crippen molar-refractivity contribution >= 4 is 0 Å². The van der Waals surface area contributed by atoms with E-state index in [4.69, 9.17) is 0 Å². The minimum absolute atomic E-state index is 0.146. The lowest BCUT2D eigenvalue weighted by Gasteiger charge is -2.26. The highest BCUT2D eigenvalue weighted by atomic mass is 19.1. The highest BCUT2D eigenvalue weighted by Gasteiger charge is 2.18. The number of rotatable bonds is 9. The molecule has 0 bridgehead atoms. The van der Waals surface area contributed by atoms with Crippen LogP contribution in [0.5, 0.6) is 0 Å². The molecule has 1 aromatic rings. The lowest BCUT2D eigenvalue weighted by atomic mass is 9.83. The Morgan fingerprint density at radius 2 is 1.63 bits per heavy atom. The van der Waals surface area contributed by atoms with Gasteiger partial charge in [-0.05, 0) is 55.5 Å². The largest absolute Gasteiger partial charge is 0.316 e. The fourth-order valence-corrected chi connectivity index (χ4v) is 2.75. The topological polar surface area (TPSA) is 12.0 Å². The predicted octanol–water partition coefficient (Wildman–Crippen LogP) is 4.42. The third-order valence-corrected chi connectivity index (χ3v) is 3.96. The summed E-state index contributed by atoms with van der Waals surface area (Å²) in [5.41, 5.74) is 1.25. The Hall–Kier alpha value is -0.890. The van der Waals surface area contributed by atoms with Gasteiger partial charge in [0.2, 0.25) is 0 Å². The highest BCUT2D eigenvalue weighted by molar-refractivity contribution is 5.16. The summed E-state index contributed by atoms with van der Waals surface area (Å²) in [6.45, 7) is 8.88. The molecule has 1 aromatic carbocycles. The quantitative estimate of drug-likeness (QED) is 0.652. The van der Waals surface area contributed by atoms with Gasteiger partial charge in [0, 0.05) is 0 Å². The first-order chi connectivity index (χ1) is 9.21. The summed E-state index contributed by atoms with van der Waals surface area (Å²) in [6.07, 6.45) is 4.65. The smallest absolute Gasteiger partial charge is 0.123 e. The van der Waals surface area contributed by atoms with Crippen LogP contribution in [0.3, 0.4) is 0 Å². The second-order valence-electron chi connectivity index (χ2n) is 5.37. The molecule has 1 nitrogen and oxygen atoms in total. The number of halogens is 1. The summed E-state index contributed by atoms with van der Waals surface area (Å²) in [6, 6.07) is 6.98. The van der Waals surface area contributed by atoms with Crippen LogP contribution in [-0.2, 0) is 6.42 Å². The summed E-state index contributed by atoms with van der Waals surface area (Å²) in [5.74, 6) is 1.24. The van der Waals surface area contributed by atoms with Gasteiger partial charge in [0.15, 0.2) is 0 Å². The van der Waals surface area contributed by atoms with E-state index in [2.05, 4.69) is 26.1 Å². The van der Waals surface area contributed by atoms with Crippen LogP contribution in [0.4, 0.5) is 4.39 Å². The summed E-state index contributed by atoms with van der Waals surface area (Å²) in [5, 5.41) is 3.54. The summed E-state index contributed by atoms with van der Waals surface area (Å²) in [7, 11) is 0. The first-order valence-electron chi connectivity index (χ1n) is 7.66. The molecule has 0 aliphatic heterocycles. The molecule has 108 valence electrons. The minimum Gasteiger partial charge on any atom is -0.316 e. The Morgan fingerprint density at radius 3 is 2.16 bits per heavy atom. The third-order valence-electron chi connectivity index (χ3n) is 3.96. The lowest BCUT2D eigenvalue weighted by molar-refractivity contribution is 0.298. The molecule has 0 aromatic heterocycles. The van der Waals surface area contributed by atoms with Gasteiger partial charge in [0.05, 0.1) is 0 Å². The van der Waals surface area contributed by atoms with E-state index in [0.717, 1.165) is 25.4 Å². The Labute approximate surface area is 117 Å². The highest BCUT2D eigenvalue weighted by Crippen LogP contribution is 2.23. The van der Waals surface area contributed by atoms with Crippen LogP contribution in [-0.4, -0.2) is 13.1 Å². The fourth-order valence-electron chi connectivity index (χ4n) is 2.75. The van der Waals surface area contributed by atoms with E-state index in [-0.39, 0.29) is 5.82 Å². The van der Waals surface area contributed by atoms with Gasteiger partial charge in [-0.15, -0.1) is 0 Å². The van der Waals surface area contributed by atoms with Gasteiger partial charge in [-0.1, -0.05) is 45.7 Å². The Bertz CT molecular complexity index is 330. The number of nitrogens with one attached hydrogen (secondary N) is 1. The van der Waals surface area contributed by atoms with Crippen molar-refractivity contribution in [1.82, 2.24) is 5.32 Å². The minimum atomic E-state index is -0.146. The van der Waals surface area contributed by atoms with Crippen molar-refractivity contribution in [3.63, 3.8) is 0 Å². The molecule has 1 rings (SSSR count). The van der Waals surface area contributed by atoms with Crippen LogP contribution in [0, 0.1) is 17.7 Å². The molecule has 0 fully saturated rings. The van der Waals surface area contributed by atoms with Gasteiger partial charge in [0.25, 0.3) is 0 Å². The first kappa shape index (κ1) is 16.2. The molecule has 0 radical (unpaired) electrons. The zero-order chi connectivity index (χ0) is 14.1. The summed E-state index contributed by atoms with van der Waals surface area (Å²) in [4.78, 5) is 0. The first-order valence-corrected chi connectivity index (χ1v) is 7.66. The summed E-state index contributed by atoms with van der Waals surface area (Å²) < 4.78 is 13.0. The molecule has 19 heavy (non-hydrogen) atoms. The SMILES string of the molecule is CCCNCC(Cc1ccc(F)cc1)C(CC)CC. The molecule has 0 spiro atoms. The van der Waals surface area contributed by atoms with Gasteiger partial charge in [-0.25, -0.2) is 4.39 Å². The average molecular weight is 265 g/mol. The maximum absolute atomic E-state index is 13.0. The van der Waals surface area contributed by atoms with E-state index in [0.29, 0.717) is 5.92 Å². The molecule has 0 saturated carbocycles. The molecule has 1 N–H and O–H groups in total. The van der Waals surface area contributed by atoms with Gasteiger partial charge >= 0.3 is 0 Å². The van der Waals surface area contributed by atoms with Crippen LogP contribution in [0.15, 0.2) is 24.3 Å². The molecule has 0 aliphatic rings. The number of hydrogen-bond acceptors (Lipinski definition) is 1. The van der Waals surface area contributed by atoms with E-state index in [1.54, 1.807) is 12.1 Å². The molecule has 0 amide bonds. The summed E-state index contributed by atoms with van der Waals surface area (Å²) >= 11 is 0. The molecule has 2 heteroatoms. The lowest BCUT2D eigenvalue weighted by Crippen LogP contribution is -2.30. The Morgan fingerprint density at radius 1 is 1.00 bits per heavy atom. The molecular weight excluding hydrogens is 237 g/mol. The zero-order valence-electron chi connectivity index (χ0n) is 12.6. The average Bonchev–Trinajstić information content (AvgIpc) is 2.42. The second kappa shape index (κ2) is 9.08. The van der Waals surface area contributed by atoms with Crippen LogP contribution < -0.4 is 5.32 Å². The monoisotopic (exact) mass is 265 g/mol. The van der Waals surface area contributed by atoms with Crippen molar-refractivity contribution in [3.8, 4) is 0 Å². The van der Waals surface area contributed by atoms with E-state index < -0.39 is 0 Å². The van der Waals surface area contributed by atoms with Crippen molar-refractivity contribution in [2.45, 2.75) is 46.5 Å². The molecule has 0 aliphatic carbocycles. The maximum Gasteiger partial charge on any atom is 0.123 e. The van der Waals surface area contributed by atoms with Crippen molar-refractivity contribution < 1.29 is 4.39 Å². The molecule has 0 heterocycles. The normalized spacial score (nSPS) is 12.9. The van der Waals surface area contributed by atoms with Crippen molar-refractivity contribution in [1.29, 1.82) is 0 Å². The van der Waals surface area contributed by atoms with Gasteiger partial charge in [-0.2, -0.15) is 0 Å². The van der Waals surface area contributed by atoms with Gasteiger partial charge in [-0.3, -0.25) is 0 Å². The van der Waals surface area contributed by atoms with Crippen LogP contribution in [0.1, 0.15) is 45.6 Å². The number of hydrogen-bond donors (Lipinski definition) is 1. The van der Waals surface area contributed by atoms with Crippen molar-refractivity contribution in [3.05, 3.63) is 35.6 Å². The van der Waals surface area contributed by atoms with E-state index in [9.17, 15) is 4.39 Å². The molecule has 1 unspecified atom stereocenters. The standard InChI is InChI=1S/C17H28FN/c1-4-11-19-13-16(15(5-2)6-3)12-14-7-9-17(18)10-8-14/h7-10,15-16,19H,4-6,11-13H2,1-3H3. The zero-order valence-corrected chi connectivity index (χ0v) is 12.6. The van der Waals surface area contributed by atoms with Crippen LogP contribution in [0.2, 0.25) is 0 Å². The molecule has 0 saturated heterocycles. The predicted molar refractivity (Wildman–Crippen MR) is 80.8 cm³/mol. The van der Waals surface area contributed by atoms with Gasteiger partial charge in [0.1, 0.15) is 5.82 Å². The Kier molecular flexibility index (Phi) is 7.73. The van der Waals surface area contributed by atoms with E-state index in [1.165, 1.54) is 24.8 Å².